The molecule has 0 saturated carbocycles. The molecule has 0 aliphatic carbocycles. The minimum atomic E-state index is -2.13. The minimum Gasteiger partial charge on any atom is -0.247 e. The Kier molecular flexibility index (Phi) is 8.88. The summed E-state index contributed by atoms with van der Waals surface area (Å²) in [6.07, 6.45) is 7.65. The van der Waals surface area contributed by atoms with Crippen molar-refractivity contribution in [1.82, 2.24) is 0 Å². The Hall–Kier alpha value is -1.36. The van der Waals surface area contributed by atoms with E-state index in [-0.39, 0.29) is 5.97 Å². The summed E-state index contributed by atoms with van der Waals surface area (Å²) in [5.41, 5.74) is 0. The van der Waals surface area contributed by atoms with E-state index in [1.54, 1.807) is 0 Å². The lowest BCUT2D eigenvalue weighted by atomic mass is 10.1. The molecule has 0 atom stereocenters. The zero-order valence-corrected chi connectivity index (χ0v) is 16.6. The Balaban J connectivity index is 1.90. The summed E-state index contributed by atoms with van der Waals surface area (Å²) in [6, 6.07) is 20.4. The second-order valence-electron chi connectivity index (χ2n) is 5.81. The van der Waals surface area contributed by atoms with Crippen molar-refractivity contribution in [1.29, 1.82) is 0 Å². The van der Waals surface area contributed by atoms with E-state index in [0.29, 0.717) is 6.42 Å². The highest BCUT2D eigenvalue weighted by molar-refractivity contribution is 5.68. The molecule has 0 amide bonds. The maximum atomic E-state index is 12.3. The zero-order valence-electron chi connectivity index (χ0n) is 14.4. The molecule has 129 valence electrons. The van der Waals surface area contributed by atoms with Crippen LogP contribution in [0.25, 0.3) is 0 Å². The number of benzene rings is 2. The average molecular weight is 438 g/mol. The molecule has 0 N–H and O–H groups in total. The van der Waals surface area contributed by atoms with E-state index in [4.69, 9.17) is 3.07 Å². The lowest BCUT2D eigenvalue weighted by molar-refractivity contribution is -1.04. The lowest BCUT2D eigenvalue weighted by Crippen LogP contribution is -3.85. The SMILES string of the molecule is CCCCCCCCC(=O)O[I+](c1ccccc1)c1ccccc1. The van der Waals surface area contributed by atoms with Crippen molar-refractivity contribution in [3.05, 3.63) is 67.8 Å². The summed E-state index contributed by atoms with van der Waals surface area (Å²) in [5.74, 6) is -0.0385. The largest absolute Gasteiger partial charge is 0.360 e. The molecule has 0 unspecified atom stereocenters. The Bertz CT molecular complexity index is 544. The molecule has 0 aliphatic rings. The van der Waals surface area contributed by atoms with Gasteiger partial charge in [0.05, 0.1) is 6.42 Å². The third-order valence-electron chi connectivity index (χ3n) is 3.76. The molecule has 2 nitrogen and oxygen atoms in total. The highest BCUT2D eigenvalue weighted by Crippen LogP contribution is 2.06. The van der Waals surface area contributed by atoms with Gasteiger partial charge in [-0.15, -0.1) is 0 Å². The van der Waals surface area contributed by atoms with Crippen LogP contribution in [0.1, 0.15) is 51.9 Å². The number of carbonyl (C=O) groups excluding carboxylic acids is 1. The first kappa shape index (κ1) is 19.0. The van der Waals surface area contributed by atoms with Gasteiger partial charge < -0.3 is 0 Å². The van der Waals surface area contributed by atoms with Crippen LogP contribution >= 0.6 is 0 Å². The van der Waals surface area contributed by atoms with E-state index in [1.165, 1.54) is 32.8 Å². The summed E-state index contributed by atoms with van der Waals surface area (Å²) in [5, 5.41) is 0. The molecule has 0 saturated heterocycles. The highest BCUT2D eigenvalue weighted by atomic mass is 127. The molecule has 0 aliphatic heterocycles. The maximum Gasteiger partial charge on any atom is 0.360 e. The summed E-state index contributed by atoms with van der Waals surface area (Å²) >= 11 is -2.13. The van der Waals surface area contributed by atoms with Gasteiger partial charge in [0, 0.05) is 0 Å². The quantitative estimate of drug-likeness (QED) is 0.421. The van der Waals surface area contributed by atoms with Gasteiger partial charge >= 0.3 is 26.2 Å². The molecule has 0 fully saturated rings. The van der Waals surface area contributed by atoms with Crippen molar-refractivity contribution in [2.45, 2.75) is 51.9 Å². The van der Waals surface area contributed by atoms with Crippen molar-refractivity contribution in [2.24, 2.45) is 0 Å². The number of halogens is 1. The number of unbranched alkanes of at least 4 members (excludes halogenated alkanes) is 5. The molecule has 0 aromatic heterocycles. The predicted molar refractivity (Wildman–Crippen MR) is 94.4 cm³/mol. The van der Waals surface area contributed by atoms with Crippen LogP contribution < -0.4 is 20.2 Å². The van der Waals surface area contributed by atoms with Gasteiger partial charge in [-0.3, -0.25) is 0 Å². The molecule has 24 heavy (non-hydrogen) atoms. The van der Waals surface area contributed by atoms with Crippen molar-refractivity contribution < 1.29 is 28.1 Å². The third kappa shape index (κ3) is 6.63. The first-order chi connectivity index (χ1) is 11.8. The van der Waals surface area contributed by atoms with Gasteiger partial charge in [-0.2, -0.15) is 0 Å². The van der Waals surface area contributed by atoms with Crippen LogP contribution in [-0.4, -0.2) is 5.97 Å². The van der Waals surface area contributed by atoms with E-state index >= 15 is 0 Å². The van der Waals surface area contributed by atoms with Crippen molar-refractivity contribution in [3.8, 4) is 0 Å². The molecular formula is C21H27IO2+. The fourth-order valence-electron chi connectivity index (χ4n) is 2.45. The van der Waals surface area contributed by atoms with Crippen LogP contribution in [-0.2, 0) is 7.86 Å². The zero-order chi connectivity index (χ0) is 17.0. The highest BCUT2D eigenvalue weighted by Gasteiger charge is 2.33. The molecule has 3 heteroatoms. The second kappa shape index (κ2) is 11.2. The first-order valence-corrected chi connectivity index (χ1v) is 11.9. The average Bonchev–Trinajstić information content (AvgIpc) is 2.64. The van der Waals surface area contributed by atoms with E-state index < -0.39 is 20.2 Å². The van der Waals surface area contributed by atoms with Gasteiger partial charge in [-0.25, -0.2) is 7.86 Å². The number of hydrogen-bond acceptors (Lipinski definition) is 2. The van der Waals surface area contributed by atoms with E-state index in [2.05, 4.69) is 31.2 Å². The Morgan fingerprint density at radius 2 is 1.29 bits per heavy atom. The maximum absolute atomic E-state index is 12.3. The van der Waals surface area contributed by atoms with Gasteiger partial charge in [0.15, 0.2) is 7.14 Å². The summed E-state index contributed by atoms with van der Waals surface area (Å²) in [7, 11) is 0. The Morgan fingerprint density at radius 1 is 0.792 bits per heavy atom. The van der Waals surface area contributed by atoms with Gasteiger partial charge in [-0.05, 0) is 30.7 Å². The van der Waals surface area contributed by atoms with Gasteiger partial charge in [0.25, 0.3) is 0 Å². The molecular weight excluding hydrogens is 411 g/mol. The van der Waals surface area contributed by atoms with Gasteiger partial charge in [-0.1, -0.05) is 75.4 Å². The third-order valence-corrected chi connectivity index (χ3v) is 8.39. The fourth-order valence-corrected chi connectivity index (χ4v) is 6.52. The van der Waals surface area contributed by atoms with Crippen LogP contribution in [0, 0.1) is 7.14 Å². The van der Waals surface area contributed by atoms with Crippen molar-refractivity contribution in [3.63, 3.8) is 0 Å². The summed E-state index contributed by atoms with van der Waals surface area (Å²) in [4.78, 5) is 12.3. The fraction of sp³-hybridized carbons (Fsp3) is 0.381. The van der Waals surface area contributed by atoms with E-state index in [9.17, 15) is 4.79 Å². The van der Waals surface area contributed by atoms with Crippen LogP contribution in [0.4, 0.5) is 0 Å². The van der Waals surface area contributed by atoms with Crippen LogP contribution in [0.3, 0.4) is 0 Å². The normalized spacial score (nSPS) is 10.8. The molecule has 0 spiro atoms. The lowest BCUT2D eigenvalue weighted by Gasteiger charge is -2.05. The number of rotatable bonds is 10. The van der Waals surface area contributed by atoms with Gasteiger partial charge in [0.1, 0.15) is 0 Å². The molecule has 2 rings (SSSR count). The molecule has 2 aromatic carbocycles. The van der Waals surface area contributed by atoms with Crippen LogP contribution in [0.5, 0.6) is 0 Å². The van der Waals surface area contributed by atoms with Crippen LogP contribution in [0.15, 0.2) is 60.7 Å². The minimum absolute atomic E-state index is 0.0385. The second-order valence-corrected chi connectivity index (χ2v) is 10.2. The van der Waals surface area contributed by atoms with Crippen molar-refractivity contribution in [2.75, 3.05) is 0 Å². The molecule has 1 radical (unpaired) electrons. The number of hydrogen-bond donors (Lipinski definition) is 0. The van der Waals surface area contributed by atoms with Gasteiger partial charge in [0.2, 0.25) is 0 Å². The van der Waals surface area contributed by atoms with Crippen LogP contribution in [0.2, 0.25) is 0 Å². The smallest absolute Gasteiger partial charge is 0.247 e. The monoisotopic (exact) mass is 438 g/mol. The molecule has 2 aromatic rings. The Morgan fingerprint density at radius 3 is 1.83 bits per heavy atom. The van der Waals surface area contributed by atoms with E-state index in [0.717, 1.165) is 12.8 Å². The molecule has 0 heterocycles. The van der Waals surface area contributed by atoms with Crippen molar-refractivity contribution >= 4 is 5.97 Å². The van der Waals surface area contributed by atoms with E-state index in [1.807, 2.05) is 36.4 Å². The predicted octanol–water partition coefficient (Wildman–Crippen LogP) is 2.56. The molecule has 0 bridgehead atoms. The Labute approximate surface area is 153 Å². The standard InChI is InChI=1S/C21H27IO2/c1-2-3-4-5-6-13-18-21(23)24-22(19-14-9-7-10-15-19)20-16-11-8-12-17-20/h7-12,14-17H,2-6,13,18H2,1H3/q+1. The summed E-state index contributed by atoms with van der Waals surface area (Å²) < 4.78 is 8.31. The summed E-state index contributed by atoms with van der Waals surface area (Å²) in [6.45, 7) is 2.22. The topological polar surface area (TPSA) is 26.3 Å². The first-order valence-electron chi connectivity index (χ1n) is 8.82. The number of carbonyl (C=O) groups is 1.